The zero-order valence-electron chi connectivity index (χ0n) is 27.6. The minimum absolute atomic E-state index is 0.0495. The summed E-state index contributed by atoms with van der Waals surface area (Å²) in [5.41, 5.74) is 6.79. The van der Waals surface area contributed by atoms with Gasteiger partial charge < -0.3 is 18.6 Å². The predicted molar refractivity (Wildman–Crippen MR) is 172 cm³/mol. The zero-order chi connectivity index (χ0) is 30.0. The van der Waals surface area contributed by atoms with E-state index in [9.17, 15) is 0 Å². The Hall–Kier alpha value is -1.59. The van der Waals surface area contributed by atoms with Gasteiger partial charge in [-0.2, -0.15) is 0 Å². The minimum Gasteiger partial charge on any atom is -0.403 e. The lowest BCUT2D eigenvalue weighted by Crippen LogP contribution is -2.41. The number of unbranched alkanes of at least 4 members (excludes halogenated alkanes) is 1. The van der Waals surface area contributed by atoms with Gasteiger partial charge in [-0.3, -0.25) is 0 Å². The van der Waals surface area contributed by atoms with Gasteiger partial charge >= 0.3 is 14.2 Å². The van der Waals surface area contributed by atoms with Crippen LogP contribution in [0.2, 0.25) is 5.82 Å². The summed E-state index contributed by atoms with van der Waals surface area (Å²) in [5.74, 6) is 0.304. The van der Waals surface area contributed by atoms with E-state index in [1.807, 2.05) is 0 Å². The fourth-order valence-electron chi connectivity index (χ4n) is 7.16. The third kappa shape index (κ3) is 4.95. The molecule has 0 radical (unpaired) electrons. The maximum Gasteiger partial charge on any atom is 0.494 e. The van der Waals surface area contributed by atoms with E-state index in [0.717, 1.165) is 31.1 Å². The molecule has 1 aliphatic carbocycles. The number of fused-ring (bicyclic) bond motifs is 3. The van der Waals surface area contributed by atoms with Gasteiger partial charge in [0.15, 0.2) is 0 Å². The van der Waals surface area contributed by atoms with Crippen LogP contribution in [-0.2, 0) is 30.5 Å². The number of rotatable bonds is 9. The van der Waals surface area contributed by atoms with Crippen LogP contribution < -0.4 is 5.46 Å². The van der Waals surface area contributed by atoms with Crippen molar-refractivity contribution in [2.45, 2.75) is 148 Å². The second-order valence-electron chi connectivity index (χ2n) is 14.8. The fraction of sp³-hybridized carbons (Fsp3) is 0.657. The highest BCUT2D eigenvalue weighted by Gasteiger charge is 2.54. The molecule has 0 N–H and O–H groups in total. The first kappa shape index (κ1) is 30.9. The maximum absolute atomic E-state index is 6.64. The molecule has 41 heavy (non-hydrogen) atoms. The maximum atomic E-state index is 6.64. The zero-order valence-corrected chi connectivity index (χ0v) is 27.6. The van der Waals surface area contributed by atoms with Gasteiger partial charge in [0.2, 0.25) is 0 Å². The van der Waals surface area contributed by atoms with Crippen LogP contribution in [0.4, 0.5) is 0 Å². The lowest BCUT2D eigenvalue weighted by atomic mass is 9.64. The third-order valence-corrected chi connectivity index (χ3v) is 11.3. The highest BCUT2D eigenvalue weighted by molar-refractivity contribution is 6.62. The number of hydrogen-bond acceptors (Lipinski definition) is 4. The Morgan fingerprint density at radius 1 is 0.707 bits per heavy atom. The lowest BCUT2D eigenvalue weighted by molar-refractivity contribution is 0.00578. The summed E-state index contributed by atoms with van der Waals surface area (Å²) in [6, 6.07) is 13.9. The van der Waals surface area contributed by atoms with Gasteiger partial charge in [-0.05, 0) is 114 Å². The van der Waals surface area contributed by atoms with Crippen molar-refractivity contribution in [2.75, 3.05) is 0 Å². The molecule has 2 aromatic rings. The van der Waals surface area contributed by atoms with E-state index in [1.165, 1.54) is 40.7 Å². The highest BCUT2D eigenvalue weighted by atomic mass is 16.7. The molecular weight excluding hydrogens is 506 g/mol. The molecule has 4 nitrogen and oxygen atoms in total. The lowest BCUT2D eigenvalue weighted by Gasteiger charge is -2.33. The van der Waals surface area contributed by atoms with E-state index < -0.39 is 0 Å². The second kappa shape index (κ2) is 10.5. The van der Waals surface area contributed by atoms with Crippen LogP contribution in [0.1, 0.15) is 125 Å². The first-order chi connectivity index (χ1) is 19.1. The van der Waals surface area contributed by atoms with Gasteiger partial charge in [-0.25, -0.2) is 0 Å². The van der Waals surface area contributed by atoms with E-state index in [2.05, 4.69) is 113 Å². The molecule has 3 aliphatic rings. The Morgan fingerprint density at radius 2 is 1.29 bits per heavy atom. The van der Waals surface area contributed by atoms with E-state index in [4.69, 9.17) is 18.6 Å². The van der Waals surface area contributed by atoms with Gasteiger partial charge in [0, 0.05) is 5.41 Å². The Labute approximate surface area is 250 Å². The molecule has 2 aliphatic heterocycles. The molecular formula is C35H52B2O4. The van der Waals surface area contributed by atoms with Gasteiger partial charge in [0.25, 0.3) is 0 Å². The van der Waals surface area contributed by atoms with E-state index in [-0.39, 0.29) is 42.1 Å². The van der Waals surface area contributed by atoms with Crippen molar-refractivity contribution in [1.29, 1.82) is 0 Å². The normalized spacial score (nSPS) is 23.5. The van der Waals surface area contributed by atoms with Crippen LogP contribution in [0.25, 0.3) is 11.1 Å². The standard InChI is InChI=1S/C35H52B2O4/c1-12-15-18-25(36-38-31(4,5)32(6,7)39-36)22-24-17-16-19-28-27-21-20-26(37-40-33(8,9)34(10,11)41-37)23-29(27)35(13-2,14-3)30(24)28/h16-17,19-21,23,25H,12-15,18,22H2,1-11H3. The average molecular weight is 558 g/mol. The van der Waals surface area contributed by atoms with Crippen molar-refractivity contribution in [2.24, 2.45) is 0 Å². The van der Waals surface area contributed by atoms with Gasteiger partial charge in [-0.1, -0.05) is 76.4 Å². The highest BCUT2D eigenvalue weighted by Crippen LogP contribution is 2.54. The molecule has 0 spiro atoms. The van der Waals surface area contributed by atoms with Crippen LogP contribution in [0.15, 0.2) is 36.4 Å². The smallest absolute Gasteiger partial charge is 0.403 e. The molecule has 0 bridgehead atoms. The van der Waals surface area contributed by atoms with Crippen LogP contribution in [0.3, 0.4) is 0 Å². The van der Waals surface area contributed by atoms with Crippen molar-refractivity contribution in [3.63, 3.8) is 0 Å². The Morgan fingerprint density at radius 3 is 1.85 bits per heavy atom. The Bertz CT molecular complexity index is 1240. The van der Waals surface area contributed by atoms with Crippen molar-refractivity contribution in [3.8, 4) is 11.1 Å². The summed E-state index contributed by atoms with van der Waals surface area (Å²) >= 11 is 0. The van der Waals surface area contributed by atoms with Crippen LogP contribution >= 0.6 is 0 Å². The monoisotopic (exact) mass is 558 g/mol. The second-order valence-corrected chi connectivity index (χ2v) is 14.8. The molecule has 2 fully saturated rings. The fourth-order valence-corrected chi connectivity index (χ4v) is 7.16. The van der Waals surface area contributed by atoms with E-state index in [1.54, 1.807) is 0 Å². The summed E-state index contributed by atoms with van der Waals surface area (Å²) in [4.78, 5) is 0. The van der Waals surface area contributed by atoms with Gasteiger partial charge in [0.05, 0.1) is 22.4 Å². The first-order valence-corrected chi connectivity index (χ1v) is 16.1. The van der Waals surface area contributed by atoms with Crippen molar-refractivity contribution >= 4 is 19.7 Å². The van der Waals surface area contributed by atoms with Gasteiger partial charge in [-0.15, -0.1) is 0 Å². The van der Waals surface area contributed by atoms with Crippen LogP contribution in [-0.4, -0.2) is 36.6 Å². The largest absolute Gasteiger partial charge is 0.494 e. The molecule has 1 unspecified atom stereocenters. The average Bonchev–Trinajstić information content (AvgIpc) is 3.41. The number of hydrogen-bond donors (Lipinski definition) is 0. The Balaban J connectivity index is 1.54. The SMILES string of the molecule is CCCCC(Cc1cccc2c1C(CC)(CC)c1cc(B3OC(C)(C)C(C)(C)O3)ccc1-2)B1OC(C)(C)C(C)(C)O1. The summed E-state index contributed by atoms with van der Waals surface area (Å²) in [5, 5.41) is 0. The topological polar surface area (TPSA) is 36.9 Å². The van der Waals surface area contributed by atoms with Crippen LogP contribution in [0.5, 0.6) is 0 Å². The molecule has 1 atom stereocenters. The predicted octanol–water partition coefficient (Wildman–Crippen LogP) is 8.27. The summed E-state index contributed by atoms with van der Waals surface area (Å²) in [6.07, 6.45) is 6.49. The van der Waals surface area contributed by atoms with Crippen LogP contribution in [0, 0.1) is 0 Å². The van der Waals surface area contributed by atoms with E-state index in [0.29, 0.717) is 5.82 Å². The quantitative estimate of drug-likeness (QED) is 0.291. The summed E-state index contributed by atoms with van der Waals surface area (Å²) in [7, 11) is -0.555. The molecule has 5 rings (SSSR count). The summed E-state index contributed by atoms with van der Waals surface area (Å²) in [6.45, 7) is 24.1. The van der Waals surface area contributed by atoms with Gasteiger partial charge in [0.1, 0.15) is 0 Å². The minimum atomic E-state index is -0.361. The molecule has 6 heteroatoms. The Kier molecular flexibility index (Phi) is 7.93. The molecule has 2 aromatic carbocycles. The number of benzene rings is 2. The van der Waals surface area contributed by atoms with E-state index >= 15 is 0 Å². The molecule has 222 valence electrons. The molecule has 2 heterocycles. The molecule has 0 amide bonds. The van der Waals surface area contributed by atoms with Crippen molar-refractivity contribution < 1.29 is 18.6 Å². The first-order valence-electron chi connectivity index (χ1n) is 16.1. The molecule has 0 aromatic heterocycles. The third-order valence-electron chi connectivity index (χ3n) is 11.3. The van der Waals surface area contributed by atoms with Crippen molar-refractivity contribution in [3.05, 3.63) is 53.1 Å². The summed E-state index contributed by atoms with van der Waals surface area (Å²) < 4.78 is 26.2. The molecule has 0 saturated carbocycles. The molecule has 2 saturated heterocycles. The van der Waals surface area contributed by atoms with Crippen molar-refractivity contribution in [1.82, 2.24) is 0 Å².